The van der Waals surface area contributed by atoms with Crippen LogP contribution in [0.1, 0.15) is 32.3 Å². The topological polar surface area (TPSA) is 54.6 Å². The Balaban J connectivity index is 1.75. The molecule has 2 aromatic rings. The minimum absolute atomic E-state index is 0.165. The summed E-state index contributed by atoms with van der Waals surface area (Å²) in [5, 5.41) is 1.20. The van der Waals surface area contributed by atoms with E-state index >= 15 is 0 Å². The van der Waals surface area contributed by atoms with E-state index in [0.717, 1.165) is 54.9 Å². The fourth-order valence-electron chi connectivity index (χ4n) is 3.48. The van der Waals surface area contributed by atoms with Crippen LogP contribution in [0.2, 0.25) is 0 Å². The Labute approximate surface area is 148 Å². The molecule has 5 heteroatoms. The van der Waals surface area contributed by atoms with Gasteiger partial charge in [-0.15, -0.1) is 0 Å². The van der Waals surface area contributed by atoms with Crippen molar-refractivity contribution in [1.82, 2.24) is 9.88 Å². The lowest BCUT2D eigenvalue weighted by molar-refractivity contribution is -0.139. The van der Waals surface area contributed by atoms with Gasteiger partial charge in [0, 0.05) is 35.9 Å². The van der Waals surface area contributed by atoms with Crippen LogP contribution in [0.25, 0.3) is 10.9 Å². The van der Waals surface area contributed by atoms with Gasteiger partial charge in [0.05, 0.1) is 19.3 Å². The predicted molar refractivity (Wildman–Crippen MR) is 98.7 cm³/mol. The lowest BCUT2D eigenvalue weighted by Gasteiger charge is -2.31. The number of aromatic nitrogens is 1. The maximum atomic E-state index is 12.1. The molecule has 0 saturated carbocycles. The molecule has 3 rings (SSSR count). The largest absolute Gasteiger partial charge is 0.497 e. The van der Waals surface area contributed by atoms with Crippen molar-refractivity contribution in [2.75, 3.05) is 26.8 Å². The first-order chi connectivity index (χ1) is 12.1. The van der Waals surface area contributed by atoms with Crippen LogP contribution in [0.4, 0.5) is 0 Å². The van der Waals surface area contributed by atoms with E-state index < -0.39 is 0 Å². The van der Waals surface area contributed by atoms with Crippen LogP contribution in [0.15, 0.2) is 35.7 Å². The van der Waals surface area contributed by atoms with Crippen LogP contribution in [0.5, 0.6) is 5.75 Å². The van der Waals surface area contributed by atoms with Crippen molar-refractivity contribution >= 4 is 16.9 Å². The smallest absolute Gasteiger partial charge is 0.335 e. The van der Waals surface area contributed by atoms with E-state index in [1.54, 1.807) is 7.11 Å². The van der Waals surface area contributed by atoms with Crippen LogP contribution in [-0.4, -0.2) is 42.7 Å². The molecule has 1 N–H and O–H groups in total. The Morgan fingerprint density at radius 1 is 1.36 bits per heavy atom. The lowest BCUT2D eigenvalue weighted by Crippen LogP contribution is -2.31. The average Bonchev–Trinajstić information content (AvgIpc) is 3.03. The van der Waals surface area contributed by atoms with Crippen molar-refractivity contribution in [2.45, 2.75) is 33.1 Å². The molecule has 25 heavy (non-hydrogen) atoms. The number of allylic oxidation sites excluding steroid dienone is 1. The van der Waals surface area contributed by atoms with Crippen LogP contribution < -0.4 is 4.74 Å². The van der Waals surface area contributed by atoms with E-state index in [1.165, 1.54) is 10.9 Å². The molecular weight excluding hydrogens is 316 g/mol. The fourth-order valence-corrected chi connectivity index (χ4v) is 3.48. The highest BCUT2D eigenvalue weighted by Gasteiger charge is 2.22. The van der Waals surface area contributed by atoms with Gasteiger partial charge in [-0.25, -0.2) is 4.79 Å². The summed E-state index contributed by atoms with van der Waals surface area (Å²) >= 11 is 0. The highest BCUT2D eigenvalue weighted by Crippen LogP contribution is 2.26. The summed E-state index contributed by atoms with van der Waals surface area (Å²) in [5.74, 6) is 0.702. The molecule has 1 aromatic heterocycles. The standard InChI is InChI=1S/C20H26N2O3/c1-4-25-20(23)17-6-5-10-22(14(17)2)11-9-15-13-21-19-8-7-16(24-3)12-18(15)19/h7-8,12-13,21H,4-6,9-11H2,1-3H3. The molecule has 0 bridgehead atoms. The molecule has 1 aliphatic heterocycles. The third-order valence-corrected chi connectivity index (χ3v) is 4.91. The molecule has 1 aromatic carbocycles. The molecule has 0 aliphatic carbocycles. The number of nitrogens with one attached hydrogen (secondary N) is 1. The van der Waals surface area contributed by atoms with E-state index in [1.807, 2.05) is 26.0 Å². The number of esters is 1. The summed E-state index contributed by atoms with van der Waals surface area (Å²) in [4.78, 5) is 17.7. The van der Waals surface area contributed by atoms with Gasteiger partial charge in [-0.1, -0.05) is 0 Å². The van der Waals surface area contributed by atoms with Gasteiger partial charge in [-0.2, -0.15) is 0 Å². The van der Waals surface area contributed by atoms with E-state index in [-0.39, 0.29) is 5.97 Å². The Bertz CT molecular complexity index is 791. The number of carbonyl (C=O) groups excluding carboxylic acids is 1. The quantitative estimate of drug-likeness (QED) is 0.814. The number of methoxy groups -OCH3 is 1. The summed E-state index contributed by atoms with van der Waals surface area (Å²) in [6.45, 7) is 6.18. The summed E-state index contributed by atoms with van der Waals surface area (Å²) in [6, 6.07) is 6.08. The van der Waals surface area contributed by atoms with Crippen molar-refractivity contribution in [1.29, 1.82) is 0 Å². The molecular formula is C20H26N2O3. The third kappa shape index (κ3) is 3.65. The van der Waals surface area contributed by atoms with Gasteiger partial charge in [-0.05, 0) is 56.9 Å². The number of hydrogen-bond acceptors (Lipinski definition) is 4. The molecule has 0 fully saturated rings. The monoisotopic (exact) mass is 342 g/mol. The Hall–Kier alpha value is -2.43. The van der Waals surface area contributed by atoms with Crippen molar-refractivity contribution in [3.05, 3.63) is 41.2 Å². The molecule has 0 atom stereocenters. The maximum absolute atomic E-state index is 12.1. The van der Waals surface area contributed by atoms with Gasteiger partial charge in [0.2, 0.25) is 0 Å². The minimum atomic E-state index is -0.165. The van der Waals surface area contributed by atoms with Crippen LogP contribution in [0, 0.1) is 0 Å². The molecule has 0 unspecified atom stereocenters. The first-order valence-electron chi connectivity index (χ1n) is 8.89. The second-order valence-corrected chi connectivity index (χ2v) is 6.35. The Morgan fingerprint density at radius 3 is 2.96 bits per heavy atom. The van der Waals surface area contributed by atoms with Crippen molar-refractivity contribution in [3.8, 4) is 5.75 Å². The maximum Gasteiger partial charge on any atom is 0.335 e. The second kappa shape index (κ2) is 7.64. The Morgan fingerprint density at radius 2 is 2.20 bits per heavy atom. The number of aromatic amines is 1. The van der Waals surface area contributed by atoms with Gasteiger partial charge in [0.15, 0.2) is 0 Å². The Kier molecular flexibility index (Phi) is 5.31. The number of hydrogen-bond donors (Lipinski definition) is 1. The molecule has 1 aliphatic rings. The lowest BCUT2D eigenvalue weighted by atomic mass is 10.0. The first-order valence-corrected chi connectivity index (χ1v) is 8.89. The molecule has 0 saturated heterocycles. The van der Waals surface area contributed by atoms with Crippen LogP contribution in [-0.2, 0) is 16.0 Å². The number of rotatable bonds is 6. The number of benzene rings is 1. The van der Waals surface area contributed by atoms with Gasteiger partial charge in [-0.3, -0.25) is 0 Å². The number of fused-ring (bicyclic) bond motifs is 1. The van der Waals surface area contributed by atoms with Gasteiger partial charge in [0.25, 0.3) is 0 Å². The SMILES string of the molecule is CCOC(=O)C1=C(C)N(CCc2c[nH]c3ccc(OC)cc23)CCC1. The molecule has 0 amide bonds. The molecule has 0 radical (unpaired) electrons. The van der Waals surface area contributed by atoms with Gasteiger partial charge < -0.3 is 19.4 Å². The number of carbonyl (C=O) groups is 1. The first kappa shape index (κ1) is 17.4. The van der Waals surface area contributed by atoms with E-state index in [2.05, 4.69) is 22.1 Å². The minimum Gasteiger partial charge on any atom is -0.497 e. The summed E-state index contributed by atoms with van der Waals surface area (Å²) in [7, 11) is 1.69. The zero-order chi connectivity index (χ0) is 17.8. The molecule has 134 valence electrons. The molecule has 2 heterocycles. The number of ether oxygens (including phenoxy) is 2. The van der Waals surface area contributed by atoms with Crippen LogP contribution >= 0.6 is 0 Å². The summed E-state index contributed by atoms with van der Waals surface area (Å²) < 4.78 is 10.5. The fraction of sp³-hybridized carbons (Fsp3) is 0.450. The number of nitrogens with zero attached hydrogens (tertiary/aromatic N) is 1. The second-order valence-electron chi connectivity index (χ2n) is 6.35. The summed E-state index contributed by atoms with van der Waals surface area (Å²) in [6.07, 6.45) is 4.79. The third-order valence-electron chi connectivity index (χ3n) is 4.91. The van der Waals surface area contributed by atoms with E-state index in [4.69, 9.17) is 9.47 Å². The predicted octanol–water partition coefficient (Wildman–Crippen LogP) is 3.65. The molecule has 0 spiro atoms. The molecule has 5 nitrogen and oxygen atoms in total. The normalized spacial score (nSPS) is 14.9. The summed E-state index contributed by atoms with van der Waals surface area (Å²) in [5.41, 5.74) is 4.27. The van der Waals surface area contributed by atoms with Crippen molar-refractivity contribution in [2.24, 2.45) is 0 Å². The van der Waals surface area contributed by atoms with Gasteiger partial charge >= 0.3 is 5.97 Å². The van der Waals surface area contributed by atoms with Crippen molar-refractivity contribution < 1.29 is 14.3 Å². The van der Waals surface area contributed by atoms with E-state index in [0.29, 0.717) is 6.61 Å². The van der Waals surface area contributed by atoms with Crippen molar-refractivity contribution in [3.63, 3.8) is 0 Å². The average molecular weight is 342 g/mol. The van der Waals surface area contributed by atoms with Crippen LogP contribution in [0.3, 0.4) is 0 Å². The van der Waals surface area contributed by atoms with E-state index in [9.17, 15) is 4.79 Å². The highest BCUT2D eigenvalue weighted by molar-refractivity contribution is 5.89. The van der Waals surface area contributed by atoms with Gasteiger partial charge in [0.1, 0.15) is 5.75 Å². The zero-order valence-corrected chi connectivity index (χ0v) is 15.2. The highest BCUT2D eigenvalue weighted by atomic mass is 16.5. The zero-order valence-electron chi connectivity index (χ0n) is 15.2. The number of H-pyrrole nitrogens is 1.